The van der Waals surface area contributed by atoms with Crippen LogP contribution in [0.15, 0.2) is 24.3 Å². The van der Waals surface area contributed by atoms with Crippen molar-refractivity contribution in [1.29, 1.82) is 0 Å². The molecule has 0 aliphatic carbocycles. The van der Waals surface area contributed by atoms with E-state index in [1.165, 1.54) is 24.2 Å². The Morgan fingerprint density at radius 2 is 2.00 bits per heavy atom. The second-order valence-corrected chi connectivity index (χ2v) is 7.55. The minimum atomic E-state index is -0.160. The number of hydrogen-bond acceptors (Lipinski definition) is 3. The lowest BCUT2D eigenvalue weighted by atomic mass is 10.1. The van der Waals surface area contributed by atoms with Gasteiger partial charge in [-0.1, -0.05) is 12.1 Å². The van der Waals surface area contributed by atoms with Crippen LogP contribution in [0.5, 0.6) is 0 Å². The summed E-state index contributed by atoms with van der Waals surface area (Å²) in [5.74, 6) is 1.31. The number of rotatable bonds is 6. The van der Waals surface area contributed by atoms with Crippen LogP contribution in [-0.2, 0) is 0 Å². The molecule has 1 aromatic carbocycles. The predicted molar refractivity (Wildman–Crippen MR) is 95.6 cm³/mol. The normalized spacial score (nSPS) is 19.2. The Morgan fingerprint density at radius 3 is 2.59 bits per heavy atom. The Morgan fingerprint density at radius 1 is 1.27 bits per heavy atom. The molecular formula is C17H27N3OS. The number of benzene rings is 1. The van der Waals surface area contributed by atoms with Crippen LogP contribution in [0.2, 0.25) is 0 Å². The van der Waals surface area contributed by atoms with Crippen molar-refractivity contribution in [3.8, 4) is 0 Å². The molecule has 1 saturated heterocycles. The monoisotopic (exact) mass is 321 g/mol. The fraction of sp³-hybridized carbons (Fsp3) is 0.588. The molecule has 2 amide bonds. The first-order valence-electron chi connectivity index (χ1n) is 8.07. The topological polar surface area (TPSA) is 53.2 Å². The van der Waals surface area contributed by atoms with Crippen LogP contribution < -0.4 is 16.0 Å². The van der Waals surface area contributed by atoms with Crippen molar-refractivity contribution < 1.29 is 4.79 Å². The smallest absolute Gasteiger partial charge is 0.319 e. The number of nitrogens with one attached hydrogen (secondary N) is 3. The molecule has 1 fully saturated rings. The first-order valence-corrected chi connectivity index (χ1v) is 9.12. The van der Waals surface area contributed by atoms with Crippen molar-refractivity contribution in [2.45, 2.75) is 50.9 Å². The summed E-state index contributed by atoms with van der Waals surface area (Å²) in [5, 5.41) is 10.0. The average Bonchev–Trinajstić information content (AvgIpc) is 2.98. The second kappa shape index (κ2) is 8.44. The second-order valence-electron chi connectivity index (χ2n) is 6.14. The summed E-state index contributed by atoms with van der Waals surface area (Å²) in [6.07, 6.45) is 2.68. The van der Waals surface area contributed by atoms with E-state index in [0.717, 1.165) is 17.5 Å². The number of urea groups is 1. The molecule has 2 rings (SSSR count). The molecular weight excluding hydrogens is 294 g/mol. The van der Waals surface area contributed by atoms with Crippen molar-refractivity contribution in [2.24, 2.45) is 0 Å². The third kappa shape index (κ3) is 5.54. The molecule has 1 heterocycles. The van der Waals surface area contributed by atoms with Crippen molar-refractivity contribution in [3.05, 3.63) is 29.8 Å². The lowest BCUT2D eigenvalue weighted by Gasteiger charge is -2.17. The van der Waals surface area contributed by atoms with Crippen LogP contribution in [0, 0.1) is 0 Å². The fourth-order valence-electron chi connectivity index (χ4n) is 2.52. The summed E-state index contributed by atoms with van der Waals surface area (Å²) in [6.45, 7) is 7.15. The van der Waals surface area contributed by atoms with Crippen LogP contribution in [-0.4, -0.2) is 29.6 Å². The van der Waals surface area contributed by atoms with E-state index in [4.69, 9.17) is 0 Å². The van der Waals surface area contributed by atoms with Gasteiger partial charge in [-0.3, -0.25) is 0 Å². The highest BCUT2D eigenvalue weighted by molar-refractivity contribution is 8.00. The van der Waals surface area contributed by atoms with Crippen molar-refractivity contribution >= 4 is 23.5 Å². The van der Waals surface area contributed by atoms with Gasteiger partial charge in [-0.2, -0.15) is 11.8 Å². The maximum absolute atomic E-state index is 11.7. The van der Waals surface area contributed by atoms with E-state index in [1.54, 1.807) is 0 Å². The standard InChI is InChI=1S/C17H27N3OS/c1-12(2)19-17(21)20-15-8-6-14(7-9-15)13(3)18-11-16-5-4-10-22-16/h6-9,12-13,16,18H,4-5,10-11H2,1-3H3,(H2,19,20,21)/t13-,16+/m0/s1. The van der Waals surface area contributed by atoms with Gasteiger partial charge < -0.3 is 16.0 Å². The molecule has 0 spiro atoms. The lowest BCUT2D eigenvalue weighted by Crippen LogP contribution is -2.34. The average molecular weight is 321 g/mol. The zero-order chi connectivity index (χ0) is 15.9. The minimum absolute atomic E-state index is 0.136. The summed E-state index contributed by atoms with van der Waals surface area (Å²) in [7, 11) is 0. The first kappa shape index (κ1) is 17.2. The molecule has 4 nitrogen and oxygen atoms in total. The molecule has 2 atom stereocenters. The van der Waals surface area contributed by atoms with Gasteiger partial charge in [-0.25, -0.2) is 4.79 Å². The Hall–Kier alpha value is -1.20. The van der Waals surface area contributed by atoms with E-state index in [2.05, 4.69) is 46.8 Å². The Bertz CT molecular complexity index is 469. The van der Waals surface area contributed by atoms with Crippen LogP contribution in [0.3, 0.4) is 0 Å². The Kier molecular flexibility index (Phi) is 6.58. The number of carbonyl (C=O) groups excluding carboxylic acids is 1. The van der Waals surface area contributed by atoms with Crippen LogP contribution in [0.1, 0.15) is 45.2 Å². The molecule has 0 bridgehead atoms. The van der Waals surface area contributed by atoms with Gasteiger partial charge in [0.25, 0.3) is 0 Å². The number of anilines is 1. The molecule has 1 aliphatic rings. The molecule has 5 heteroatoms. The van der Waals surface area contributed by atoms with Gasteiger partial charge in [-0.05, 0) is 57.1 Å². The van der Waals surface area contributed by atoms with Gasteiger partial charge in [0, 0.05) is 29.6 Å². The van der Waals surface area contributed by atoms with E-state index in [-0.39, 0.29) is 12.1 Å². The Balaban J connectivity index is 1.81. The third-order valence-electron chi connectivity index (χ3n) is 3.76. The van der Waals surface area contributed by atoms with E-state index >= 15 is 0 Å². The number of hydrogen-bond donors (Lipinski definition) is 3. The quantitative estimate of drug-likeness (QED) is 0.748. The molecule has 0 saturated carbocycles. The zero-order valence-corrected chi connectivity index (χ0v) is 14.5. The van der Waals surface area contributed by atoms with Crippen LogP contribution >= 0.6 is 11.8 Å². The first-order chi connectivity index (χ1) is 10.5. The van der Waals surface area contributed by atoms with E-state index < -0.39 is 0 Å². The van der Waals surface area contributed by atoms with Gasteiger partial charge in [0.2, 0.25) is 0 Å². The number of carbonyl (C=O) groups is 1. The van der Waals surface area contributed by atoms with Crippen LogP contribution in [0.25, 0.3) is 0 Å². The predicted octanol–water partition coefficient (Wildman–Crippen LogP) is 3.76. The minimum Gasteiger partial charge on any atom is -0.336 e. The van der Waals surface area contributed by atoms with Gasteiger partial charge in [0.15, 0.2) is 0 Å². The molecule has 1 aromatic rings. The summed E-state index contributed by atoms with van der Waals surface area (Å²) < 4.78 is 0. The zero-order valence-electron chi connectivity index (χ0n) is 13.7. The third-order valence-corrected chi connectivity index (χ3v) is 5.16. The highest BCUT2D eigenvalue weighted by Crippen LogP contribution is 2.26. The summed E-state index contributed by atoms with van der Waals surface area (Å²) in [4.78, 5) is 11.7. The number of thioether (sulfide) groups is 1. The van der Waals surface area contributed by atoms with E-state index in [9.17, 15) is 4.79 Å². The summed E-state index contributed by atoms with van der Waals surface area (Å²) in [6, 6.07) is 8.37. The molecule has 22 heavy (non-hydrogen) atoms. The van der Waals surface area contributed by atoms with Gasteiger partial charge >= 0.3 is 6.03 Å². The highest BCUT2D eigenvalue weighted by Gasteiger charge is 2.16. The molecule has 0 aromatic heterocycles. The van der Waals surface area contributed by atoms with Crippen molar-refractivity contribution in [2.75, 3.05) is 17.6 Å². The molecule has 0 unspecified atom stereocenters. The van der Waals surface area contributed by atoms with Crippen molar-refractivity contribution in [3.63, 3.8) is 0 Å². The van der Waals surface area contributed by atoms with Gasteiger partial charge in [0.05, 0.1) is 0 Å². The van der Waals surface area contributed by atoms with Gasteiger partial charge in [0.1, 0.15) is 0 Å². The fourth-order valence-corrected chi connectivity index (χ4v) is 3.73. The highest BCUT2D eigenvalue weighted by atomic mass is 32.2. The maximum Gasteiger partial charge on any atom is 0.319 e. The largest absolute Gasteiger partial charge is 0.336 e. The van der Waals surface area contributed by atoms with E-state index in [0.29, 0.717) is 6.04 Å². The summed E-state index contributed by atoms with van der Waals surface area (Å²) in [5.41, 5.74) is 2.07. The van der Waals surface area contributed by atoms with Crippen molar-refractivity contribution in [1.82, 2.24) is 10.6 Å². The molecule has 122 valence electrons. The molecule has 3 N–H and O–H groups in total. The van der Waals surface area contributed by atoms with Crippen LogP contribution in [0.4, 0.5) is 10.5 Å². The molecule has 0 radical (unpaired) electrons. The Labute approximate surface area is 137 Å². The summed E-state index contributed by atoms with van der Waals surface area (Å²) >= 11 is 2.08. The maximum atomic E-state index is 11.7. The van der Waals surface area contributed by atoms with Gasteiger partial charge in [-0.15, -0.1) is 0 Å². The SMILES string of the molecule is CC(C)NC(=O)Nc1ccc([C@H](C)NC[C@H]2CCCS2)cc1. The molecule has 1 aliphatic heterocycles. The van der Waals surface area contributed by atoms with E-state index in [1.807, 2.05) is 26.0 Å². The lowest BCUT2D eigenvalue weighted by molar-refractivity contribution is 0.250. The number of amides is 2.